The Morgan fingerprint density at radius 1 is 1.27 bits per heavy atom. The topological polar surface area (TPSA) is 72.3 Å². The normalized spacial score (nSPS) is 15.8. The molecule has 1 aliphatic heterocycles. The number of rotatable bonds is 4. The highest BCUT2D eigenvalue weighted by molar-refractivity contribution is 6.34. The van der Waals surface area contributed by atoms with Crippen LogP contribution in [-0.4, -0.2) is 56.3 Å². The molecule has 10 heteroatoms. The van der Waals surface area contributed by atoms with Crippen LogP contribution >= 0.6 is 11.6 Å². The average Bonchev–Trinajstić information content (AvgIpc) is 3.39. The molecule has 0 unspecified atom stereocenters. The molecule has 0 aliphatic carbocycles. The SMILES string of the molecule is [C-]#[N+]c1ccc(-c2nc(C(=O)N3CCC[C@@H](NC)C3)c(C)n2-c2cc(C)c3nn(C)c(Cl)c3c2)cc1F. The minimum Gasteiger partial charge on any atom is -0.336 e. The minimum atomic E-state index is -0.637. The van der Waals surface area contributed by atoms with E-state index in [2.05, 4.69) is 15.3 Å². The molecule has 0 bridgehead atoms. The van der Waals surface area contributed by atoms with Crippen LogP contribution in [0, 0.1) is 26.2 Å². The second-order valence-corrected chi connectivity index (χ2v) is 9.79. The van der Waals surface area contributed by atoms with E-state index in [9.17, 15) is 9.18 Å². The molecular weight excluding hydrogens is 493 g/mol. The first-order chi connectivity index (χ1) is 17.7. The van der Waals surface area contributed by atoms with Crippen molar-refractivity contribution in [3.63, 3.8) is 0 Å². The van der Waals surface area contributed by atoms with Crippen molar-refractivity contribution in [3.05, 3.63) is 69.7 Å². The van der Waals surface area contributed by atoms with Crippen LogP contribution in [0.25, 0.3) is 32.8 Å². The van der Waals surface area contributed by atoms with E-state index in [0.717, 1.165) is 35.0 Å². The van der Waals surface area contributed by atoms with Crippen LogP contribution in [0.2, 0.25) is 5.15 Å². The number of fused-ring (bicyclic) bond motifs is 1. The Balaban J connectivity index is 1.71. The van der Waals surface area contributed by atoms with Crippen molar-refractivity contribution in [2.45, 2.75) is 32.7 Å². The number of imidazole rings is 1. The summed E-state index contributed by atoms with van der Waals surface area (Å²) in [6.07, 6.45) is 1.92. The van der Waals surface area contributed by atoms with Gasteiger partial charge in [0.1, 0.15) is 22.5 Å². The fourth-order valence-electron chi connectivity index (χ4n) is 5.05. The lowest BCUT2D eigenvalue weighted by molar-refractivity contribution is 0.0692. The molecule has 8 nitrogen and oxygen atoms in total. The highest BCUT2D eigenvalue weighted by Gasteiger charge is 2.29. The highest BCUT2D eigenvalue weighted by Crippen LogP contribution is 2.34. The average molecular weight is 520 g/mol. The number of hydrogen-bond donors (Lipinski definition) is 1. The summed E-state index contributed by atoms with van der Waals surface area (Å²) in [6.45, 7) is 12.2. The van der Waals surface area contributed by atoms with Gasteiger partial charge >= 0.3 is 0 Å². The Kier molecular flexibility index (Phi) is 6.48. The molecule has 1 fully saturated rings. The van der Waals surface area contributed by atoms with Crippen LogP contribution in [0.5, 0.6) is 0 Å². The van der Waals surface area contributed by atoms with Gasteiger partial charge in [-0.05, 0) is 57.5 Å². The number of carbonyl (C=O) groups is 1. The summed E-state index contributed by atoms with van der Waals surface area (Å²) in [5.41, 5.74) is 3.78. The van der Waals surface area contributed by atoms with Gasteiger partial charge in [-0.3, -0.25) is 14.0 Å². The van der Waals surface area contributed by atoms with Gasteiger partial charge in [0, 0.05) is 42.8 Å². The molecule has 2 aromatic heterocycles. The van der Waals surface area contributed by atoms with Crippen LogP contribution in [0.4, 0.5) is 10.1 Å². The number of benzene rings is 2. The molecule has 1 amide bonds. The van der Waals surface area contributed by atoms with Crippen molar-refractivity contribution < 1.29 is 9.18 Å². The highest BCUT2D eigenvalue weighted by atomic mass is 35.5. The number of aromatic nitrogens is 4. The standard InChI is InChI=1S/C27H27ClFN7O/c1-15-11-19(13-20-23(15)33-34(5)25(20)28)36-16(2)24(27(37)35-10-6-7-18(14-35)30-3)32-26(36)17-8-9-22(31-4)21(29)12-17/h8-9,11-13,18,30H,6-7,10,14H2,1-3,5H3/t18-/m1/s1. The quantitative estimate of drug-likeness (QED) is 0.376. The van der Waals surface area contributed by atoms with Crippen molar-refractivity contribution in [1.82, 2.24) is 29.5 Å². The molecule has 5 rings (SSSR count). The minimum absolute atomic E-state index is 0.0688. The largest absolute Gasteiger partial charge is 0.336 e. The monoisotopic (exact) mass is 519 g/mol. The lowest BCUT2D eigenvalue weighted by atomic mass is 10.1. The maximum Gasteiger partial charge on any atom is 0.274 e. The summed E-state index contributed by atoms with van der Waals surface area (Å²) < 4.78 is 18.1. The lowest BCUT2D eigenvalue weighted by Gasteiger charge is -2.32. The molecule has 0 spiro atoms. The first kappa shape index (κ1) is 24.9. The van der Waals surface area contributed by atoms with Gasteiger partial charge in [-0.2, -0.15) is 5.10 Å². The summed E-state index contributed by atoms with van der Waals surface area (Å²) in [7, 11) is 3.69. The molecule has 1 saturated heterocycles. The van der Waals surface area contributed by atoms with Crippen LogP contribution < -0.4 is 5.32 Å². The number of nitrogens with one attached hydrogen (secondary N) is 1. The molecule has 37 heavy (non-hydrogen) atoms. The molecule has 0 radical (unpaired) electrons. The first-order valence-corrected chi connectivity index (χ1v) is 12.5. The number of piperidine rings is 1. The second kappa shape index (κ2) is 9.61. The zero-order valence-electron chi connectivity index (χ0n) is 21.1. The lowest BCUT2D eigenvalue weighted by Crippen LogP contribution is -2.47. The van der Waals surface area contributed by atoms with E-state index >= 15 is 0 Å². The van der Waals surface area contributed by atoms with Crippen LogP contribution in [0.15, 0.2) is 30.3 Å². The van der Waals surface area contributed by atoms with Crippen molar-refractivity contribution in [2.75, 3.05) is 20.1 Å². The number of likely N-dealkylation sites (tertiary alicyclic amines) is 1. The Morgan fingerprint density at radius 3 is 2.76 bits per heavy atom. The van der Waals surface area contributed by atoms with Crippen molar-refractivity contribution in [2.24, 2.45) is 7.05 Å². The number of aryl methyl sites for hydroxylation is 2. The molecular formula is C27H27ClFN7O. The van der Waals surface area contributed by atoms with Gasteiger partial charge in [-0.1, -0.05) is 23.7 Å². The Bertz CT molecular complexity index is 1580. The summed E-state index contributed by atoms with van der Waals surface area (Å²) in [6, 6.07) is 8.48. The van der Waals surface area contributed by atoms with Gasteiger partial charge in [0.05, 0.1) is 17.8 Å². The van der Waals surface area contributed by atoms with Crippen LogP contribution in [0.1, 0.15) is 34.6 Å². The number of nitrogens with zero attached hydrogens (tertiary/aromatic N) is 6. The van der Waals surface area contributed by atoms with Gasteiger partial charge in [-0.15, -0.1) is 0 Å². The number of hydrogen-bond acceptors (Lipinski definition) is 4. The third kappa shape index (κ3) is 4.26. The molecule has 3 heterocycles. The van der Waals surface area contributed by atoms with E-state index in [4.69, 9.17) is 23.2 Å². The maximum absolute atomic E-state index is 14.7. The predicted molar refractivity (Wildman–Crippen MR) is 142 cm³/mol. The molecule has 190 valence electrons. The molecule has 4 aromatic rings. The van der Waals surface area contributed by atoms with Crippen molar-refractivity contribution in [3.8, 4) is 17.1 Å². The van der Waals surface area contributed by atoms with Crippen LogP contribution in [0.3, 0.4) is 0 Å². The molecule has 2 aromatic carbocycles. The van der Waals surface area contributed by atoms with Gasteiger partial charge < -0.3 is 10.2 Å². The third-order valence-corrected chi connectivity index (χ3v) is 7.50. The van der Waals surface area contributed by atoms with Gasteiger partial charge in [0.15, 0.2) is 0 Å². The summed E-state index contributed by atoms with van der Waals surface area (Å²) in [5.74, 6) is -0.382. The van der Waals surface area contributed by atoms with E-state index < -0.39 is 5.82 Å². The maximum atomic E-state index is 14.7. The zero-order chi connectivity index (χ0) is 26.4. The molecule has 1 aliphatic rings. The Hall–Kier alpha value is -3.74. The zero-order valence-corrected chi connectivity index (χ0v) is 21.9. The Labute approximate surface area is 219 Å². The van der Waals surface area contributed by atoms with E-state index in [1.807, 2.05) is 42.5 Å². The Morgan fingerprint density at radius 2 is 2.05 bits per heavy atom. The summed E-state index contributed by atoms with van der Waals surface area (Å²) in [5, 5.41) is 9.04. The second-order valence-electron chi connectivity index (χ2n) is 9.44. The number of halogens is 2. The fourth-order valence-corrected chi connectivity index (χ4v) is 5.23. The number of carbonyl (C=O) groups excluding carboxylic acids is 1. The molecule has 0 saturated carbocycles. The third-order valence-electron chi connectivity index (χ3n) is 7.05. The first-order valence-electron chi connectivity index (χ1n) is 12.1. The predicted octanol–water partition coefficient (Wildman–Crippen LogP) is 5.21. The number of likely N-dealkylation sites (N-methyl/N-ethyl adjacent to an activating group) is 1. The molecule has 1 N–H and O–H groups in total. The number of amides is 1. The van der Waals surface area contributed by atoms with E-state index in [0.29, 0.717) is 41.0 Å². The van der Waals surface area contributed by atoms with Crippen LogP contribution in [-0.2, 0) is 7.05 Å². The van der Waals surface area contributed by atoms with E-state index in [-0.39, 0.29) is 17.6 Å². The van der Waals surface area contributed by atoms with Crippen molar-refractivity contribution >= 4 is 34.1 Å². The van der Waals surface area contributed by atoms with Gasteiger partial charge in [0.2, 0.25) is 5.69 Å². The molecule has 1 atom stereocenters. The van der Waals surface area contributed by atoms with E-state index in [1.165, 1.54) is 12.1 Å². The summed E-state index contributed by atoms with van der Waals surface area (Å²) >= 11 is 6.54. The van der Waals surface area contributed by atoms with E-state index in [1.54, 1.807) is 17.8 Å². The fraction of sp³-hybridized carbons (Fsp3) is 0.333. The summed E-state index contributed by atoms with van der Waals surface area (Å²) in [4.78, 5) is 23.5. The smallest absolute Gasteiger partial charge is 0.274 e. The van der Waals surface area contributed by atoms with Gasteiger partial charge in [-0.25, -0.2) is 14.2 Å². The van der Waals surface area contributed by atoms with Crippen molar-refractivity contribution in [1.29, 1.82) is 0 Å². The van der Waals surface area contributed by atoms with Gasteiger partial charge in [0.25, 0.3) is 5.91 Å².